The molecule has 1 aromatic heterocycles. The largest absolute Gasteiger partial charge is 0.475 e. The molecule has 0 spiro atoms. The molecule has 8 nitrogen and oxygen atoms in total. The molecule has 0 aliphatic rings. The molecule has 0 aliphatic heterocycles. The summed E-state index contributed by atoms with van der Waals surface area (Å²) < 4.78 is 10.3. The quantitative estimate of drug-likeness (QED) is 0.575. The third kappa shape index (κ3) is 6.88. The highest BCUT2D eigenvalue weighted by molar-refractivity contribution is 5.99. The maximum atomic E-state index is 12.6. The summed E-state index contributed by atoms with van der Waals surface area (Å²) >= 11 is 0. The first-order chi connectivity index (χ1) is 13.5. The second kappa shape index (κ2) is 10.9. The van der Waals surface area contributed by atoms with E-state index in [1.54, 1.807) is 31.4 Å². The molecule has 1 unspecified atom stereocenters. The zero-order chi connectivity index (χ0) is 20.4. The Balaban J connectivity index is 1.92. The molecule has 3 N–H and O–H groups in total. The van der Waals surface area contributed by atoms with E-state index in [2.05, 4.69) is 20.9 Å². The number of urea groups is 1. The Morgan fingerprint density at radius 3 is 2.36 bits per heavy atom. The van der Waals surface area contributed by atoms with Gasteiger partial charge in [-0.05, 0) is 24.1 Å². The molecular formula is C20H26N4O4. The number of nitrogens with one attached hydrogen (secondary N) is 3. The van der Waals surface area contributed by atoms with Crippen molar-refractivity contribution in [1.29, 1.82) is 0 Å². The Kier molecular flexibility index (Phi) is 8.23. The second-order valence-corrected chi connectivity index (χ2v) is 6.40. The van der Waals surface area contributed by atoms with Crippen molar-refractivity contribution in [2.75, 3.05) is 31.0 Å². The van der Waals surface area contributed by atoms with Gasteiger partial charge >= 0.3 is 6.03 Å². The summed E-state index contributed by atoms with van der Waals surface area (Å²) in [6.07, 6.45) is 1.50. The molecular weight excluding hydrogens is 360 g/mol. The highest BCUT2D eigenvalue weighted by atomic mass is 16.5. The van der Waals surface area contributed by atoms with Crippen molar-refractivity contribution in [2.24, 2.45) is 5.92 Å². The molecule has 150 valence electrons. The summed E-state index contributed by atoms with van der Waals surface area (Å²) in [5, 5.41) is 8.18. The fourth-order valence-corrected chi connectivity index (χ4v) is 2.35. The van der Waals surface area contributed by atoms with Gasteiger partial charge in [-0.3, -0.25) is 4.79 Å². The Bertz CT molecular complexity index is 751. The van der Waals surface area contributed by atoms with Crippen LogP contribution in [0.3, 0.4) is 0 Å². The Morgan fingerprint density at radius 2 is 1.75 bits per heavy atom. The minimum Gasteiger partial charge on any atom is -0.475 e. The summed E-state index contributed by atoms with van der Waals surface area (Å²) in [6, 6.07) is 11.2. The molecule has 0 fully saturated rings. The molecule has 3 amide bonds. The lowest BCUT2D eigenvalue weighted by molar-refractivity contribution is -0.118. The van der Waals surface area contributed by atoms with Gasteiger partial charge in [0, 0.05) is 18.9 Å². The van der Waals surface area contributed by atoms with Gasteiger partial charge in [-0.25, -0.2) is 9.78 Å². The third-order valence-corrected chi connectivity index (χ3v) is 3.81. The van der Waals surface area contributed by atoms with E-state index < -0.39 is 12.1 Å². The maximum Gasteiger partial charge on any atom is 0.319 e. The van der Waals surface area contributed by atoms with Gasteiger partial charge in [0.25, 0.3) is 0 Å². The van der Waals surface area contributed by atoms with Gasteiger partial charge < -0.3 is 25.4 Å². The van der Waals surface area contributed by atoms with Crippen LogP contribution in [0.15, 0.2) is 48.7 Å². The molecule has 1 heterocycles. The van der Waals surface area contributed by atoms with Gasteiger partial charge in [0.05, 0.1) is 18.5 Å². The number of rotatable bonds is 9. The number of benzene rings is 1. The fourth-order valence-electron chi connectivity index (χ4n) is 2.35. The number of carbonyl (C=O) groups is 2. The molecule has 28 heavy (non-hydrogen) atoms. The Morgan fingerprint density at radius 1 is 1.00 bits per heavy atom. The predicted molar refractivity (Wildman–Crippen MR) is 107 cm³/mol. The van der Waals surface area contributed by atoms with E-state index in [4.69, 9.17) is 9.47 Å². The first kappa shape index (κ1) is 21.2. The highest BCUT2D eigenvalue weighted by Crippen LogP contribution is 2.13. The van der Waals surface area contributed by atoms with Crippen LogP contribution in [-0.4, -0.2) is 43.3 Å². The number of carbonyl (C=O) groups excluding carboxylic acids is 2. The average molecular weight is 386 g/mol. The SMILES string of the molecule is COCCOc1ccc(NC(=O)C(NC(=O)Nc2ccccc2)C(C)C)cn1. The van der Waals surface area contributed by atoms with Crippen molar-refractivity contribution in [3.63, 3.8) is 0 Å². The van der Waals surface area contributed by atoms with Gasteiger partial charge in [0.1, 0.15) is 12.6 Å². The number of para-hydroxylation sites is 1. The summed E-state index contributed by atoms with van der Waals surface area (Å²) in [6.45, 7) is 4.58. The molecule has 0 aliphatic carbocycles. The van der Waals surface area contributed by atoms with Crippen molar-refractivity contribution in [1.82, 2.24) is 10.3 Å². The van der Waals surface area contributed by atoms with Crippen molar-refractivity contribution in [2.45, 2.75) is 19.9 Å². The number of methoxy groups -OCH3 is 1. The van der Waals surface area contributed by atoms with Crippen molar-refractivity contribution >= 4 is 23.3 Å². The lowest BCUT2D eigenvalue weighted by atomic mass is 10.0. The maximum absolute atomic E-state index is 12.6. The molecule has 8 heteroatoms. The van der Waals surface area contributed by atoms with Crippen molar-refractivity contribution in [3.8, 4) is 5.88 Å². The van der Waals surface area contributed by atoms with Crippen LogP contribution in [0, 0.1) is 5.92 Å². The number of anilines is 2. The van der Waals surface area contributed by atoms with E-state index in [0.717, 1.165) is 0 Å². The molecule has 1 atom stereocenters. The van der Waals surface area contributed by atoms with Crippen LogP contribution < -0.4 is 20.7 Å². The number of nitrogens with zero attached hydrogens (tertiary/aromatic N) is 1. The van der Waals surface area contributed by atoms with Gasteiger partial charge in [0.2, 0.25) is 11.8 Å². The van der Waals surface area contributed by atoms with Crippen LogP contribution in [0.2, 0.25) is 0 Å². The minimum absolute atomic E-state index is 0.105. The van der Waals surface area contributed by atoms with Crippen LogP contribution in [0.25, 0.3) is 0 Å². The molecule has 0 saturated heterocycles. The van der Waals surface area contributed by atoms with E-state index in [-0.39, 0.29) is 11.8 Å². The second-order valence-electron chi connectivity index (χ2n) is 6.40. The Hall–Kier alpha value is -3.13. The van der Waals surface area contributed by atoms with E-state index in [9.17, 15) is 9.59 Å². The van der Waals surface area contributed by atoms with Crippen LogP contribution in [0.1, 0.15) is 13.8 Å². The lowest BCUT2D eigenvalue weighted by Gasteiger charge is -2.22. The first-order valence-electron chi connectivity index (χ1n) is 9.01. The summed E-state index contributed by atoms with van der Waals surface area (Å²) in [5.74, 6) is 0.00928. The minimum atomic E-state index is -0.707. The molecule has 0 saturated carbocycles. The lowest BCUT2D eigenvalue weighted by Crippen LogP contribution is -2.48. The molecule has 0 radical (unpaired) electrons. The number of pyridine rings is 1. The van der Waals surface area contributed by atoms with Crippen molar-refractivity contribution in [3.05, 3.63) is 48.7 Å². The number of aromatic nitrogens is 1. The molecule has 2 aromatic rings. The van der Waals surface area contributed by atoms with E-state index >= 15 is 0 Å². The molecule has 0 bridgehead atoms. The van der Waals surface area contributed by atoms with Gasteiger partial charge in [-0.15, -0.1) is 0 Å². The van der Waals surface area contributed by atoms with Crippen molar-refractivity contribution < 1.29 is 19.1 Å². The first-order valence-corrected chi connectivity index (χ1v) is 9.01. The monoisotopic (exact) mass is 386 g/mol. The van der Waals surface area contributed by atoms with Crippen LogP contribution in [0.5, 0.6) is 5.88 Å². The third-order valence-electron chi connectivity index (χ3n) is 3.81. The van der Waals surface area contributed by atoms with Gasteiger partial charge in [-0.1, -0.05) is 32.0 Å². The number of hydrogen-bond acceptors (Lipinski definition) is 5. The molecule has 2 rings (SSSR count). The normalized spacial score (nSPS) is 11.6. The van der Waals surface area contributed by atoms with Crippen LogP contribution >= 0.6 is 0 Å². The molecule has 1 aromatic carbocycles. The zero-order valence-electron chi connectivity index (χ0n) is 16.3. The van der Waals surface area contributed by atoms with Crippen LogP contribution in [-0.2, 0) is 9.53 Å². The highest BCUT2D eigenvalue weighted by Gasteiger charge is 2.24. The van der Waals surface area contributed by atoms with E-state index in [0.29, 0.717) is 30.5 Å². The van der Waals surface area contributed by atoms with E-state index in [1.165, 1.54) is 6.20 Å². The topological polar surface area (TPSA) is 102 Å². The number of amides is 3. The smallest absolute Gasteiger partial charge is 0.319 e. The predicted octanol–water partition coefficient (Wildman–Crippen LogP) is 2.89. The zero-order valence-corrected chi connectivity index (χ0v) is 16.3. The van der Waals surface area contributed by atoms with Crippen LogP contribution in [0.4, 0.5) is 16.2 Å². The fraction of sp³-hybridized carbons (Fsp3) is 0.350. The van der Waals surface area contributed by atoms with Gasteiger partial charge in [0.15, 0.2) is 0 Å². The van der Waals surface area contributed by atoms with Gasteiger partial charge in [-0.2, -0.15) is 0 Å². The van der Waals surface area contributed by atoms with E-state index in [1.807, 2.05) is 32.0 Å². The summed E-state index contributed by atoms with van der Waals surface area (Å²) in [7, 11) is 1.59. The number of hydrogen-bond donors (Lipinski definition) is 3. The Labute approximate surface area is 164 Å². The average Bonchev–Trinajstić information content (AvgIpc) is 2.68. The summed E-state index contributed by atoms with van der Waals surface area (Å²) in [4.78, 5) is 29.0. The number of ether oxygens (including phenoxy) is 2. The summed E-state index contributed by atoms with van der Waals surface area (Å²) in [5.41, 5.74) is 1.16. The standard InChI is InChI=1S/C20H26N4O4/c1-14(2)18(24-20(26)23-15-7-5-4-6-8-15)19(25)22-16-9-10-17(21-13-16)28-12-11-27-3/h4-10,13-14,18H,11-12H2,1-3H3,(H,22,25)(H2,23,24,26).